The lowest BCUT2D eigenvalue weighted by Gasteiger charge is -2.32. The van der Waals surface area contributed by atoms with Gasteiger partial charge >= 0.3 is 0 Å². The lowest BCUT2D eigenvalue weighted by Crippen LogP contribution is -2.37. The molecule has 2 aromatic rings. The number of aromatic nitrogens is 2. The fourth-order valence-corrected chi connectivity index (χ4v) is 2.96. The highest BCUT2D eigenvalue weighted by atomic mass is 19.1. The Labute approximate surface area is 130 Å². The third-order valence-corrected chi connectivity index (χ3v) is 4.21. The molecule has 0 radical (unpaired) electrons. The Kier molecular flexibility index (Phi) is 4.73. The van der Waals surface area contributed by atoms with Crippen molar-refractivity contribution in [2.45, 2.75) is 19.4 Å². The van der Waals surface area contributed by atoms with E-state index in [2.05, 4.69) is 16.1 Å². The molecule has 0 amide bonds. The van der Waals surface area contributed by atoms with Gasteiger partial charge in [-0.3, -0.25) is 9.58 Å². The van der Waals surface area contributed by atoms with Gasteiger partial charge in [-0.1, -0.05) is 0 Å². The van der Waals surface area contributed by atoms with Crippen LogP contribution in [-0.4, -0.2) is 34.4 Å². The van der Waals surface area contributed by atoms with E-state index in [0.717, 1.165) is 25.4 Å². The summed E-state index contributed by atoms with van der Waals surface area (Å²) >= 11 is 0. The number of halogens is 1. The first-order chi connectivity index (χ1) is 10.7. The Balaban J connectivity index is 1.50. The summed E-state index contributed by atoms with van der Waals surface area (Å²) in [6.45, 7) is 3.78. The van der Waals surface area contributed by atoms with Crippen molar-refractivity contribution >= 4 is 0 Å². The molecule has 1 fully saturated rings. The van der Waals surface area contributed by atoms with Crippen LogP contribution < -0.4 is 4.74 Å². The predicted molar refractivity (Wildman–Crippen MR) is 83.1 cm³/mol. The number of ether oxygens (including phenoxy) is 1. The van der Waals surface area contributed by atoms with Gasteiger partial charge in [0.25, 0.3) is 0 Å². The summed E-state index contributed by atoms with van der Waals surface area (Å²) in [5.41, 5.74) is 1.24. The first-order valence-electron chi connectivity index (χ1n) is 7.78. The second-order valence-electron chi connectivity index (χ2n) is 5.95. The fourth-order valence-electron chi connectivity index (χ4n) is 2.96. The SMILES string of the molecule is Cn1nccc1CN1CCCC(COc2ccc(F)cc2)C1. The summed E-state index contributed by atoms with van der Waals surface area (Å²) in [7, 11) is 1.98. The molecule has 0 saturated carbocycles. The van der Waals surface area contributed by atoms with E-state index in [0.29, 0.717) is 12.5 Å². The standard InChI is InChI=1S/C17H22FN3O/c1-20-16(8-9-19-20)12-21-10-2-3-14(11-21)13-22-17-6-4-15(18)5-7-17/h4-9,14H,2-3,10-13H2,1H3. The van der Waals surface area contributed by atoms with Gasteiger partial charge in [-0.15, -0.1) is 0 Å². The van der Waals surface area contributed by atoms with Crippen LogP contribution >= 0.6 is 0 Å². The average molecular weight is 303 g/mol. The second-order valence-corrected chi connectivity index (χ2v) is 5.95. The van der Waals surface area contributed by atoms with Crippen molar-refractivity contribution < 1.29 is 9.13 Å². The number of hydrogen-bond acceptors (Lipinski definition) is 3. The molecule has 118 valence electrons. The van der Waals surface area contributed by atoms with Crippen LogP contribution in [0.1, 0.15) is 18.5 Å². The third-order valence-electron chi connectivity index (χ3n) is 4.21. The van der Waals surface area contributed by atoms with Crippen molar-refractivity contribution in [3.63, 3.8) is 0 Å². The molecule has 5 heteroatoms. The molecule has 1 aliphatic rings. The Morgan fingerprint density at radius 1 is 1.27 bits per heavy atom. The molecule has 2 heterocycles. The molecule has 22 heavy (non-hydrogen) atoms. The summed E-state index contributed by atoms with van der Waals surface area (Å²) in [4.78, 5) is 2.46. The molecule has 1 saturated heterocycles. The van der Waals surface area contributed by atoms with Crippen molar-refractivity contribution in [1.29, 1.82) is 0 Å². The molecule has 1 aromatic heterocycles. The maximum atomic E-state index is 12.9. The van der Waals surface area contributed by atoms with Crippen molar-refractivity contribution in [3.8, 4) is 5.75 Å². The Morgan fingerprint density at radius 2 is 2.09 bits per heavy atom. The van der Waals surface area contributed by atoms with E-state index in [1.54, 1.807) is 12.1 Å². The lowest BCUT2D eigenvalue weighted by molar-refractivity contribution is 0.123. The van der Waals surface area contributed by atoms with Gasteiger partial charge < -0.3 is 4.74 Å². The van der Waals surface area contributed by atoms with Crippen LogP contribution in [0.2, 0.25) is 0 Å². The molecular formula is C17H22FN3O. The predicted octanol–water partition coefficient (Wildman–Crippen LogP) is 2.85. The number of hydrogen-bond donors (Lipinski definition) is 0. The second kappa shape index (κ2) is 6.92. The number of rotatable bonds is 5. The van der Waals surface area contributed by atoms with E-state index in [1.165, 1.54) is 30.7 Å². The Hall–Kier alpha value is -1.88. The van der Waals surface area contributed by atoms with Crippen LogP contribution in [0.5, 0.6) is 5.75 Å². The number of likely N-dealkylation sites (tertiary alicyclic amines) is 1. The zero-order chi connectivity index (χ0) is 15.4. The highest BCUT2D eigenvalue weighted by Crippen LogP contribution is 2.20. The third kappa shape index (κ3) is 3.85. The van der Waals surface area contributed by atoms with Crippen LogP contribution in [-0.2, 0) is 13.6 Å². The van der Waals surface area contributed by atoms with Gasteiger partial charge in [-0.2, -0.15) is 5.10 Å². The molecule has 0 aliphatic carbocycles. The van der Waals surface area contributed by atoms with E-state index in [4.69, 9.17) is 4.74 Å². The van der Waals surface area contributed by atoms with Crippen molar-refractivity contribution in [1.82, 2.24) is 14.7 Å². The van der Waals surface area contributed by atoms with E-state index >= 15 is 0 Å². The minimum atomic E-state index is -0.229. The summed E-state index contributed by atoms with van der Waals surface area (Å²) < 4.78 is 20.6. The van der Waals surface area contributed by atoms with Crippen molar-refractivity contribution in [2.75, 3.05) is 19.7 Å². The van der Waals surface area contributed by atoms with Gasteiger partial charge in [0.05, 0.1) is 12.3 Å². The largest absolute Gasteiger partial charge is 0.493 e. The maximum absolute atomic E-state index is 12.9. The van der Waals surface area contributed by atoms with Gasteiger partial charge in [-0.05, 0) is 49.7 Å². The number of piperidine rings is 1. The number of aryl methyl sites for hydroxylation is 1. The van der Waals surface area contributed by atoms with Gasteiger partial charge in [0.2, 0.25) is 0 Å². The average Bonchev–Trinajstić information content (AvgIpc) is 2.92. The van der Waals surface area contributed by atoms with E-state index in [9.17, 15) is 4.39 Å². The summed E-state index contributed by atoms with van der Waals surface area (Å²) in [6, 6.07) is 8.31. The van der Waals surface area contributed by atoms with Crippen molar-refractivity contribution in [2.24, 2.45) is 13.0 Å². The topological polar surface area (TPSA) is 30.3 Å². The maximum Gasteiger partial charge on any atom is 0.123 e. The first-order valence-corrected chi connectivity index (χ1v) is 7.78. The van der Waals surface area contributed by atoms with Gasteiger partial charge in [0, 0.05) is 32.3 Å². The Bertz CT molecular complexity index is 596. The monoisotopic (exact) mass is 303 g/mol. The van der Waals surface area contributed by atoms with Gasteiger partial charge in [0.1, 0.15) is 11.6 Å². The Morgan fingerprint density at radius 3 is 2.82 bits per heavy atom. The normalized spacial score (nSPS) is 19.3. The van der Waals surface area contributed by atoms with Crippen molar-refractivity contribution in [3.05, 3.63) is 48.0 Å². The van der Waals surface area contributed by atoms with Gasteiger partial charge in [-0.25, -0.2) is 4.39 Å². The summed E-state index contributed by atoms with van der Waals surface area (Å²) in [6.07, 6.45) is 4.22. The molecule has 0 bridgehead atoms. The van der Waals surface area contributed by atoms with E-state index in [1.807, 2.05) is 17.9 Å². The molecule has 1 aromatic carbocycles. The zero-order valence-corrected chi connectivity index (χ0v) is 12.9. The molecular weight excluding hydrogens is 281 g/mol. The van der Waals surface area contributed by atoms with Crippen LogP contribution in [0.25, 0.3) is 0 Å². The smallest absolute Gasteiger partial charge is 0.123 e. The molecule has 1 aliphatic heterocycles. The molecule has 3 rings (SSSR count). The molecule has 0 spiro atoms. The quantitative estimate of drug-likeness (QED) is 0.851. The van der Waals surface area contributed by atoms with Crippen LogP contribution in [0.3, 0.4) is 0 Å². The summed E-state index contributed by atoms with van der Waals surface area (Å²) in [5, 5.41) is 4.22. The first kappa shape index (κ1) is 15.0. The van der Waals surface area contributed by atoms with Gasteiger partial charge in [0.15, 0.2) is 0 Å². The highest BCUT2D eigenvalue weighted by Gasteiger charge is 2.21. The minimum absolute atomic E-state index is 0.229. The van der Waals surface area contributed by atoms with Crippen LogP contribution in [0, 0.1) is 11.7 Å². The molecule has 4 nitrogen and oxygen atoms in total. The minimum Gasteiger partial charge on any atom is -0.493 e. The fraction of sp³-hybridized carbons (Fsp3) is 0.471. The molecule has 1 atom stereocenters. The summed E-state index contributed by atoms with van der Waals surface area (Å²) in [5.74, 6) is 1.03. The lowest BCUT2D eigenvalue weighted by atomic mass is 9.99. The number of benzene rings is 1. The number of nitrogens with zero attached hydrogens (tertiary/aromatic N) is 3. The highest BCUT2D eigenvalue weighted by molar-refractivity contribution is 5.22. The van der Waals surface area contributed by atoms with Crippen LogP contribution in [0.4, 0.5) is 4.39 Å². The molecule has 1 unspecified atom stereocenters. The molecule has 0 N–H and O–H groups in total. The van der Waals surface area contributed by atoms with Crippen LogP contribution in [0.15, 0.2) is 36.5 Å². The van der Waals surface area contributed by atoms with E-state index < -0.39 is 0 Å². The van der Waals surface area contributed by atoms with E-state index in [-0.39, 0.29) is 5.82 Å². The zero-order valence-electron chi connectivity index (χ0n) is 12.9.